The predicted octanol–water partition coefficient (Wildman–Crippen LogP) is 5.69. The summed E-state index contributed by atoms with van der Waals surface area (Å²) in [5, 5.41) is 10.0. The Hall–Kier alpha value is -3.49. The van der Waals surface area contributed by atoms with Crippen LogP contribution in [0.25, 0.3) is 11.1 Å². The highest BCUT2D eigenvalue weighted by atomic mass is 35.5. The molecule has 8 nitrogen and oxygen atoms in total. The molecule has 6 rings (SSSR count). The van der Waals surface area contributed by atoms with Crippen molar-refractivity contribution >= 4 is 17.6 Å². The average Bonchev–Trinajstić information content (AvgIpc) is 3.37. The summed E-state index contributed by atoms with van der Waals surface area (Å²) in [4.78, 5) is 18.3. The van der Waals surface area contributed by atoms with E-state index in [1.165, 1.54) is 5.56 Å². The lowest BCUT2D eigenvalue weighted by Gasteiger charge is -2.33. The largest absolute Gasteiger partial charge is 0.486 e. The molecule has 9 heteroatoms. The zero-order valence-electron chi connectivity index (χ0n) is 21.8. The van der Waals surface area contributed by atoms with Crippen LogP contribution in [0.3, 0.4) is 0 Å². The van der Waals surface area contributed by atoms with Crippen LogP contribution in [0.2, 0.25) is 5.02 Å². The van der Waals surface area contributed by atoms with Crippen LogP contribution in [0.15, 0.2) is 42.5 Å². The SMILES string of the molecule is COc1nc(O[C@H]2CCc3c(-c4ccc5c(c4)OCCO5)cccc32)c(Cl)cc1CN1CCCC[C@@H]1C(=O)O. The fraction of sp³-hybridized carbons (Fsp3) is 0.400. The fourth-order valence-corrected chi connectivity index (χ4v) is 6.12. The summed E-state index contributed by atoms with van der Waals surface area (Å²) < 4.78 is 23.5. The molecule has 0 saturated carbocycles. The number of hydrogen-bond acceptors (Lipinski definition) is 7. The van der Waals surface area contributed by atoms with Crippen molar-refractivity contribution in [1.29, 1.82) is 0 Å². The van der Waals surface area contributed by atoms with Gasteiger partial charge >= 0.3 is 5.97 Å². The van der Waals surface area contributed by atoms with E-state index in [9.17, 15) is 9.90 Å². The first kappa shape index (κ1) is 25.8. The zero-order chi connectivity index (χ0) is 26.9. The molecule has 2 atom stereocenters. The van der Waals surface area contributed by atoms with Crippen molar-refractivity contribution in [2.24, 2.45) is 0 Å². The summed E-state index contributed by atoms with van der Waals surface area (Å²) in [7, 11) is 1.55. The van der Waals surface area contributed by atoms with E-state index in [-0.39, 0.29) is 6.10 Å². The maximum atomic E-state index is 11.8. The number of carboxylic acids is 1. The van der Waals surface area contributed by atoms with Gasteiger partial charge in [0.05, 0.1) is 7.11 Å². The number of fused-ring (bicyclic) bond motifs is 2. The molecule has 0 bridgehead atoms. The zero-order valence-corrected chi connectivity index (χ0v) is 22.6. The van der Waals surface area contributed by atoms with Crippen molar-refractivity contribution < 1.29 is 28.8 Å². The van der Waals surface area contributed by atoms with Crippen molar-refractivity contribution in [3.05, 3.63) is 64.2 Å². The van der Waals surface area contributed by atoms with E-state index in [2.05, 4.69) is 23.2 Å². The molecule has 2 aliphatic heterocycles. The van der Waals surface area contributed by atoms with Crippen LogP contribution in [0, 0.1) is 0 Å². The molecule has 0 radical (unpaired) electrons. The first-order valence-electron chi connectivity index (χ1n) is 13.4. The summed E-state index contributed by atoms with van der Waals surface area (Å²) in [5.74, 6) is 1.45. The molecular weight excluding hydrogens is 520 g/mol. The third kappa shape index (κ3) is 5.11. The Morgan fingerprint density at radius 2 is 1.95 bits per heavy atom. The Balaban J connectivity index is 1.24. The summed E-state index contributed by atoms with van der Waals surface area (Å²) >= 11 is 6.67. The number of likely N-dealkylation sites (tertiary alicyclic amines) is 1. The van der Waals surface area contributed by atoms with Gasteiger partial charge in [0.2, 0.25) is 11.8 Å². The first-order chi connectivity index (χ1) is 19.0. The molecule has 0 spiro atoms. The number of methoxy groups -OCH3 is 1. The van der Waals surface area contributed by atoms with Crippen LogP contribution in [-0.4, -0.2) is 53.9 Å². The fourth-order valence-electron chi connectivity index (χ4n) is 5.90. The number of aromatic nitrogens is 1. The van der Waals surface area contributed by atoms with Crippen LogP contribution in [-0.2, 0) is 17.8 Å². The van der Waals surface area contributed by atoms with E-state index in [1.54, 1.807) is 13.2 Å². The standard InChI is InChI=1S/C30H31ClN2O6/c1-36-28-19(17-33-12-3-2-7-24(33)30(34)35)15-23(31)29(32-28)39-25-11-9-21-20(5-4-6-22(21)25)18-8-10-26-27(16-18)38-14-13-37-26/h4-6,8,10,15-16,24-25H,2-3,7,9,11-14,17H2,1H3,(H,34,35)/t24-,25+/m1/s1. The lowest BCUT2D eigenvalue weighted by molar-refractivity contribution is -0.144. The minimum absolute atomic E-state index is 0.198. The van der Waals surface area contributed by atoms with Gasteiger partial charge < -0.3 is 24.1 Å². The Labute approximate surface area is 232 Å². The van der Waals surface area contributed by atoms with E-state index in [1.807, 2.05) is 23.1 Å². The predicted molar refractivity (Wildman–Crippen MR) is 146 cm³/mol. The lowest BCUT2D eigenvalue weighted by Crippen LogP contribution is -2.44. The number of piperidine rings is 1. The van der Waals surface area contributed by atoms with E-state index in [0.717, 1.165) is 59.4 Å². The number of aliphatic carboxylic acids is 1. The van der Waals surface area contributed by atoms with Gasteiger partial charge in [-0.1, -0.05) is 42.3 Å². The molecule has 1 aliphatic carbocycles. The van der Waals surface area contributed by atoms with Crippen molar-refractivity contribution in [3.8, 4) is 34.4 Å². The molecule has 1 aromatic heterocycles. The first-order valence-corrected chi connectivity index (χ1v) is 13.8. The van der Waals surface area contributed by atoms with Gasteiger partial charge in [-0.15, -0.1) is 0 Å². The van der Waals surface area contributed by atoms with Crippen molar-refractivity contribution in [3.63, 3.8) is 0 Å². The minimum atomic E-state index is -0.803. The number of pyridine rings is 1. The second kappa shape index (κ2) is 10.9. The number of benzene rings is 2. The number of carbonyl (C=O) groups is 1. The van der Waals surface area contributed by atoms with E-state index in [0.29, 0.717) is 49.5 Å². The molecule has 1 saturated heterocycles. The molecule has 3 aromatic rings. The monoisotopic (exact) mass is 550 g/mol. The number of hydrogen-bond donors (Lipinski definition) is 1. The molecule has 0 unspecified atom stereocenters. The van der Waals surface area contributed by atoms with Crippen molar-refractivity contribution in [2.45, 2.75) is 50.8 Å². The Morgan fingerprint density at radius 1 is 1.10 bits per heavy atom. The molecule has 1 fully saturated rings. The quantitative estimate of drug-likeness (QED) is 0.401. The highest BCUT2D eigenvalue weighted by molar-refractivity contribution is 6.31. The number of ether oxygens (including phenoxy) is 4. The maximum absolute atomic E-state index is 11.8. The normalized spacial score (nSPS) is 20.4. The summed E-state index contributed by atoms with van der Waals surface area (Å²) in [6.45, 7) is 2.22. The van der Waals surface area contributed by atoms with Crippen molar-refractivity contribution in [2.75, 3.05) is 26.9 Å². The molecule has 1 N–H and O–H groups in total. The van der Waals surface area contributed by atoms with Gasteiger partial charge in [0.25, 0.3) is 0 Å². The van der Waals surface area contributed by atoms with Crippen molar-refractivity contribution in [1.82, 2.24) is 9.88 Å². The summed E-state index contributed by atoms with van der Waals surface area (Å²) in [5.41, 5.74) is 5.33. The van der Waals surface area contributed by atoms with Gasteiger partial charge in [0, 0.05) is 12.1 Å². The third-order valence-electron chi connectivity index (χ3n) is 7.77. The van der Waals surface area contributed by atoms with E-state index >= 15 is 0 Å². The second-order valence-electron chi connectivity index (χ2n) is 10.1. The number of halogens is 1. The number of carboxylic acid groups (broad SMARTS) is 1. The molecule has 39 heavy (non-hydrogen) atoms. The molecule has 3 aliphatic rings. The number of nitrogens with zero attached hydrogens (tertiary/aromatic N) is 2. The molecule has 0 amide bonds. The van der Waals surface area contributed by atoms with Crippen LogP contribution in [0.4, 0.5) is 0 Å². The topological polar surface area (TPSA) is 90.4 Å². The minimum Gasteiger partial charge on any atom is -0.486 e. The number of rotatable bonds is 7. The van der Waals surface area contributed by atoms with Gasteiger partial charge in [0.1, 0.15) is 30.4 Å². The highest BCUT2D eigenvalue weighted by Crippen LogP contribution is 2.43. The lowest BCUT2D eigenvalue weighted by atomic mass is 9.96. The van der Waals surface area contributed by atoms with Crippen LogP contribution < -0.4 is 18.9 Å². The third-order valence-corrected chi connectivity index (χ3v) is 8.04. The Morgan fingerprint density at radius 3 is 2.77 bits per heavy atom. The van der Waals surface area contributed by atoms with Gasteiger partial charge in [-0.05, 0) is 72.7 Å². The van der Waals surface area contributed by atoms with Gasteiger partial charge in [-0.25, -0.2) is 0 Å². The molecule has 2 aromatic carbocycles. The van der Waals surface area contributed by atoms with Gasteiger partial charge in [-0.2, -0.15) is 4.98 Å². The summed E-state index contributed by atoms with van der Waals surface area (Å²) in [6.07, 6.45) is 3.97. The van der Waals surface area contributed by atoms with Crippen LogP contribution in [0.1, 0.15) is 48.5 Å². The Kier molecular flexibility index (Phi) is 7.23. The highest BCUT2D eigenvalue weighted by Gasteiger charge is 2.31. The smallest absolute Gasteiger partial charge is 0.320 e. The Bertz CT molecular complexity index is 1400. The maximum Gasteiger partial charge on any atom is 0.320 e. The molecule has 204 valence electrons. The van der Waals surface area contributed by atoms with Gasteiger partial charge in [-0.3, -0.25) is 9.69 Å². The van der Waals surface area contributed by atoms with Crippen LogP contribution in [0.5, 0.6) is 23.3 Å². The van der Waals surface area contributed by atoms with E-state index < -0.39 is 12.0 Å². The second-order valence-corrected chi connectivity index (χ2v) is 10.5. The molecular formula is C30H31ClN2O6. The van der Waals surface area contributed by atoms with Crippen LogP contribution >= 0.6 is 11.6 Å². The molecule has 3 heterocycles. The van der Waals surface area contributed by atoms with Gasteiger partial charge in [0.15, 0.2) is 11.5 Å². The van der Waals surface area contributed by atoms with E-state index in [4.69, 9.17) is 30.5 Å². The summed E-state index contributed by atoms with van der Waals surface area (Å²) in [6, 6.07) is 13.6. The average molecular weight is 551 g/mol.